The summed E-state index contributed by atoms with van der Waals surface area (Å²) in [5, 5.41) is 2.51. The predicted octanol–water partition coefficient (Wildman–Crippen LogP) is 5.18. The number of ketones is 1. The topological polar surface area (TPSA) is 17.1 Å². The summed E-state index contributed by atoms with van der Waals surface area (Å²) in [5.74, 6) is 0.206. The smallest absolute Gasteiger partial charge is 0.134 e. The van der Waals surface area contributed by atoms with Crippen molar-refractivity contribution in [3.05, 3.63) is 82.4 Å². The van der Waals surface area contributed by atoms with Gasteiger partial charge in [-0.25, -0.2) is 0 Å². The molecule has 0 spiro atoms. The van der Waals surface area contributed by atoms with E-state index in [9.17, 15) is 4.79 Å². The standard InChI is InChI=1S/C22H22O/c1-15-4-7-18(8-5-15)12-21-14-19(11-17(3)23)13-20-9-6-16(2)10-22(20)21/h4-10,13-14H,11-12H2,1-3H3. The Morgan fingerprint density at radius 3 is 2.22 bits per heavy atom. The Morgan fingerprint density at radius 1 is 0.826 bits per heavy atom. The van der Waals surface area contributed by atoms with Gasteiger partial charge in [-0.15, -0.1) is 0 Å². The Kier molecular flexibility index (Phi) is 4.29. The number of carbonyl (C=O) groups is 1. The second-order valence-corrected chi connectivity index (χ2v) is 6.52. The van der Waals surface area contributed by atoms with Gasteiger partial charge in [0.1, 0.15) is 5.78 Å². The number of rotatable bonds is 4. The highest BCUT2D eigenvalue weighted by Gasteiger charge is 2.07. The first-order valence-corrected chi connectivity index (χ1v) is 8.08. The summed E-state index contributed by atoms with van der Waals surface area (Å²) in [7, 11) is 0. The molecule has 0 saturated heterocycles. The fraction of sp³-hybridized carbons (Fsp3) is 0.227. The fourth-order valence-corrected chi connectivity index (χ4v) is 3.08. The number of hydrogen-bond donors (Lipinski definition) is 0. The summed E-state index contributed by atoms with van der Waals surface area (Å²) in [6, 6.07) is 19.6. The molecule has 3 rings (SSSR count). The van der Waals surface area contributed by atoms with E-state index in [-0.39, 0.29) is 5.78 Å². The molecule has 0 heterocycles. The fourth-order valence-electron chi connectivity index (χ4n) is 3.08. The lowest BCUT2D eigenvalue weighted by molar-refractivity contribution is -0.116. The Bertz CT molecular complexity index is 857. The highest BCUT2D eigenvalue weighted by atomic mass is 16.1. The molecular formula is C22H22O. The van der Waals surface area contributed by atoms with Crippen LogP contribution in [0.1, 0.15) is 34.7 Å². The van der Waals surface area contributed by atoms with Crippen LogP contribution >= 0.6 is 0 Å². The van der Waals surface area contributed by atoms with Crippen LogP contribution in [0.4, 0.5) is 0 Å². The third kappa shape index (κ3) is 3.68. The highest BCUT2D eigenvalue weighted by molar-refractivity contribution is 5.89. The van der Waals surface area contributed by atoms with E-state index < -0.39 is 0 Å². The van der Waals surface area contributed by atoms with Crippen LogP contribution < -0.4 is 0 Å². The van der Waals surface area contributed by atoms with Crippen molar-refractivity contribution in [2.45, 2.75) is 33.6 Å². The second-order valence-electron chi connectivity index (χ2n) is 6.52. The molecule has 0 amide bonds. The van der Waals surface area contributed by atoms with E-state index in [1.165, 1.54) is 33.0 Å². The minimum absolute atomic E-state index is 0.206. The molecule has 1 nitrogen and oxygen atoms in total. The van der Waals surface area contributed by atoms with Gasteiger partial charge >= 0.3 is 0 Å². The number of Topliss-reactive ketones (excluding diaryl/α,β-unsaturated/α-hetero) is 1. The third-order valence-corrected chi connectivity index (χ3v) is 4.22. The zero-order valence-corrected chi connectivity index (χ0v) is 14.0. The van der Waals surface area contributed by atoms with Gasteiger partial charge in [-0.1, -0.05) is 65.7 Å². The SMILES string of the molecule is CC(=O)Cc1cc(Cc2ccc(C)cc2)c2cc(C)ccc2c1. The molecule has 0 atom stereocenters. The Hall–Kier alpha value is -2.41. The number of hydrogen-bond acceptors (Lipinski definition) is 1. The van der Waals surface area contributed by atoms with Crippen LogP contribution in [0.3, 0.4) is 0 Å². The van der Waals surface area contributed by atoms with E-state index in [2.05, 4.69) is 68.4 Å². The molecule has 3 aromatic carbocycles. The number of fused-ring (bicyclic) bond motifs is 1. The van der Waals surface area contributed by atoms with E-state index in [4.69, 9.17) is 0 Å². The average Bonchev–Trinajstić information content (AvgIpc) is 2.49. The van der Waals surface area contributed by atoms with Crippen molar-refractivity contribution in [1.82, 2.24) is 0 Å². The molecule has 116 valence electrons. The Morgan fingerprint density at radius 2 is 1.52 bits per heavy atom. The molecule has 0 N–H and O–H groups in total. The van der Waals surface area contributed by atoms with Crippen LogP contribution in [0.25, 0.3) is 10.8 Å². The molecule has 0 saturated carbocycles. The minimum Gasteiger partial charge on any atom is -0.300 e. The second kappa shape index (κ2) is 6.37. The number of carbonyl (C=O) groups excluding carboxylic acids is 1. The van der Waals surface area contributed by atoms with Crippen LogP contribution in [0, 0.1) is 13.8 Å². The van der Waals surface area contributed by atoms with Crippen LogP contribution in [0.2, 0.25) is 0 Å². The molecule has 1 heteroatoms. The van der Waals surface area contributed by atoms with E-state index in [0.29, 0.717) is 6.42 Å². The lowest BCUT2D eigenvalue weighted by Crippen LogP contribution is -1.99. The summed E-state index contributed by atoms with van der Waals surface area (Å²) in [5.41, 5.74) is 6.25. The van der Waals surface area contributed by atoms with Gasteiger partial charge in [0.05, 0.1) is 0 Å². The van der Waals surface area contributed by atoms with Gasteiger partial charge < -0.3 is 0 Å². The molecule has 0 radical (unpaired) electrons. The normalized spacial score (nSPS) is 10.9. The Balaban J connectivity index is 2.09. The first-order chi connectivity index (χ1) is 11.0. The van der Waals surface area contributed by atoms with Gasteiger partial charge in [-0.3, -0.25) is 4.79 Å². The van der Waals surface area contributed by atoms with Crippen LogP contribution in [0.15, 0.2) is 54.6 Å². The third-order valence-electron chi connectivity index (χ3n) is 4.22. The predicted molar refractivity (Wildman–Crippen MR) is 97.1 cm³/mol. The van der Waals surface area contributed by atoms with E-state index in [1.54, 1.807) is 6.92 Å². The van der Waals surface area contributed by atoms with Crippen LogP contribution in [-0.2, 0) is 17.6 Å². The van der Waals surface area contributed by atoms with Gasteiger partial charge in [0.15, 0.2) is 0 Å². The maximum absolute atomic E-state index is 11.5. The monoisotopic (exact) mass is 302 g/mol. The average molecular weight is 302 g/mol. The van der Waals surface area contributed by atoms with Crippen molar-refractivity contribution in [1.29, 1.82) is 0 Å². The van der Waals surface area contributed by atoms with Gasteiger partial charge in [0.25, 0.3) is 0 Å². The summed E-state index contributed by atoms with van der Waals surface area (Å²) in [4.78, 5) is 11.5. The quantitative estimate of drug-likeness (QED) is 0.649. The number of benzene rings is 3. The molecule has 23 heavy (non-hydrogen) atoms. The molecule has 0 unspecified atom stereocenters. The van der Waals surface area contributed by atoms with Crippen molar-refractivity contribution in [2.75, 3.05) is 0 Å². The van der Waals surface area contributed by atoms with E-state index >= 15 is 0 Å². The Labute approximate surface area is 138 Å². The van der Waals surface area contributed by atoms with Crippen LogP contribution in [-0.4, -0.2) is 5.78 Å². The molecule has 3 aromatic rings. The van der Waals surface area contributed by atoms with Gasteiger partial charge in [0, 0.05) is 6.42 Å². The lowest BCUT2D eigenvalue weighted by Gasteiger charge is -2.11. The summed E-state index contributed by atoms with van der Waals surface area (Å²) in [6.45, 7) is 5.88. The molecular weight excluding hydrogens is 280 g/mol. The molecule has 0 aromatic heterocycles. The van der Waals surface area contributed by atoms with Crippen molar-refractivity contribution >= 4 is 16.6 Å². The van der Waals surface area contributed by atoms with Crippen molar-refractivity contribution in [2.24, 2.45) is 0 Å². The van der Waals surface area contributed by atoms with Gasteiger partial charge in [-0.2, -0.15) is 0 Å². The van der Waals surface area contributed by atoms with Crippen LogP contribution in [0.5, 0.6) is 0 Å². The van der Waals surface area contributed by atoms with Gasteiger partial charge in [0.2, 0.25) is 0 Å². The zero-order chi connectivity index (χ0) is 16.4. The van der Waals surface area contributed by atoms with Crippen molar-refractivity contribution in [3.63, 3.8) is 0 Å². The molecule has 0 fully saturated rings. The maximum Gasteiger partial charge on any atom is 0.134 e. The largest absolute Gasteiger partial charge is 0.300 e. The van der Waals surface area contributed by atoms with E-state index in [1.807, 2.05) is 0 Å². The molecule has 0 bridgehead atoms. The molecule has 0 aliphatic carbocycles. The van der Waals surface area contributed by atoms with Gasteiger partial charge in [-0.05, 0) is 54.7 Å². The molecule has 0 aliphatic rings. The number of aryl methyl sites for hydroxylation is 2. The summed E-state index contributed by atoms with van der Waals surface area (Å²) < 4.78 is 0. The lowest BCUT2D eigenvalue weighted by atomic mass is 9.93. The van der Waals surface area contributed by atoms with E-state index in [0.717, 1.165) is 12.0 Å². The maximum atomic E-state index is 11.5. The summed E-state index contributed by atoms with van der Waals surface area (Å²) in [6.07, 6.45) is 1.40. The van der Waals surface area contributed by atoms with Crippen molar-refractivity contribution < 1.29 is 4.79 Å². The highest BCUT2D eigenvalue weighted by Crippen LogP contribution is 2.25. The minimum atomic E-state index is 0.206. The summed E-state index contributed by atoms with van der Waals surface area (Å²) >= 11 is 0. The van der Waals surface area contributed by atoms with Crippen molar-refractivity contribution in [3.8, 4) is 0 Å². The first kappa shape index (κ1) is 15.5. The molecule has 0 aliphatic heterocycles. The first-order valence-electron chi connectivity index (χ1n) is 8.08. The zero-order valence-electron chi connectivity index (χ0n) is 14.0.